The molecule has 0 amide bonds. The first-order valence-electron chi connectivity index (χ1n) is 10.8. The highest BCUT2D eigenvalue weighted by Gasteiger charge is 2.40. The summed E-state index contributed by atoms with van der Waals surface area (Å²) in [5.74, 6) is 0.281. The maximum absolute atomic E-state index is 11.9. The van der Waals surface area contributed by atoms with Crippen LogP contribution in [0.5, 0.6) is 0 Å². The van der Waals surface area contributed by atoms with Crippen molar-refractivity contribution in [1.82, 2.24) is 0 Å². The van der Waals surface area contributed by atoms with E-state index in [0.717, 1.165) is 12.7 Å². The third kappa shape index (κ3) is 6.74. The molecule has 0 saturated heterocycles. The lowest BCUT2D eigenvalue weighted by Crippen LogP contribution is -2.41. The lowest BCUT2D eigenvalue weighted by atomic mass is 9.76. The first-order valence-corrected chi connectivity index (χ1v) is 14.5. The van der Waals surface area contributed by atoms with Crippen molar-refractivity contribution >= 4 is 30.5 Å². The van der Waals surface area contributed by atoms with Gasteiger partial charge in [0.15, 0.2) is 8.32 Å². The van der Waals surface area contributed by atoms with Crippen LogP contribution < -0.4 is 0 Å². The average Bonchev–Trinajstić information content (AvgIpc) is 2.68. The van der Waals surface area contributed by atoms with Crippen LogP contribution in [0.3, 0.4) is 0 Å². The Hall–Kier alpha value is -1.01. The highest BCUT2D eigenvalue weighted by molar-refractivity contribution is 9.10. The topological polar surface area (TPSA) is 35.5 Å². The summed E-state index contributed by atoms with van der Waals surface area (Å²) in [7, 11) is -1.78. The predicted octanol–water partition coefficient (Wildman–Crippen LogP) is 6.70. The van der Waals surface area contributed by atoms with Gasteiger partial charge in [-0.2, -0.15) is 0 Å². The molecule has 166 valence electrons. The Balaban J connectivity index is 2.03. The van der Waals surface area contributed by atoms with Crippen LogP contribution >= 0.6 is 15.9 Å². The standard InChI is InChI=1S/C25H37BrO3Si/c1-20-16-25(26,19-27)23(13-10-14-29-30(5,6)24(2,3)4)15-22(20)18-28-17-21-11-8-7-9-12-21/h7-13,15,19-20,23H,14,16-18H2,1-6H3/b13-10+/t20-,23-,25+/m1/s1. The van der Waals surface area contributed by atoms with Gasteiger partial charge >= 0.3 is 0 Å². The number of carbonyl (C=O) groups excluding carboxylic acids is 1. The molecule has 0 spiro atoms. The normalized spacial score (nSPS) is 25.4. The van der Waals surface area contributed by atoms with Gasteiger partial charge in [-0.3, -0.25) is 0 Å². The number of carbonyl (C=O) groups is 1. The summed E-state index contributed by atoms with van der Waals surface area (Å²) in [5, 5.41) is 0.187. The minimum Gasteiger partial charge on any atom is -0.413 e. The van der Waals surface area contributed by atoms with Gasteiger partial charge in [0.05, 0.1) is 24.1 Å². The summed E-state index contributed by atoms with van der Waals surface area (Å²) in [6, 6.07) is 10.2. The molecule has 2 rings (SSSR count). The Morgan fingerprint density at radius 3 is 2.47 bits per heavy atom. The van der Waals surface area contributed by atoms with E-state index >= 15 is 0 Å². The molecule has 5 heteroatoms. The molecule has 1 aromatic rings. The van der Waals surface area contributed by atoms with Crippen molar-refractivity contribution in [2.24, 2.45) is 11.8 Å². The van der Waals surface area contributed by atoms with Crippen LogP contribution in [0.15, 0.2) is 54.1 Å². The average molecular weight is 494 g/mol. The summed E-state index contributed by atoms with van der Waals surface area (Å²) in [6.07, 6.45) is 8.19. The van der Waals surface area contributed by atoms with Gasteiger partial charge in [-0.15, -0.1) is 0 Å². The van der Waals surface area contributed by atoms with Crippen molar-refractivity contribution in [2.45, 2.75) is 63.2 Å². The van der Waals surface area contributed by atoms with Gasteiger partial charge in [0.1, 0.15) is 6.29 Å². The fourth-order valence-corrected chi connectivity index (χ4v) is 5.05. The number of benzene rings is 1. The summed E-state index contributed by atoms with van der Waals surface area (Å²) < 4.78 is 11.7. The van der Waals surface area contributed by atoms with Crippen molar-refractivity contribution in [3.05, 3.63) is 59.7 Å². The number of rotatable bonds is 9. The molecule has 1 aromatic carbocycles. The minimum absolute atomic E-state index is 0.00968. The van der Waals surface area contributed by atoms with Crippen LogP contribution in [-0.2, 0) is 20.6 Å². The third-order valence-corrected chi connectivity index (χ3v) is 12.0. The van der Waals surface area contributed by atoms with Crippen molar-refractivity contribution in [3.8, 4) is 0 Å². The third-order valence-electron chi connectivity index (χ3n) is 6.47. The number of halogens is 1. The monoisotopic (exact) mass is 492 g/mol. The molecule has 3 nitrogen and oxygen atoms in total. The van der Waals surface area contributed by atoms with E-state index in [1.54, 1.807) is 0 Å². The molecule has 0 heterocycles. The highest BCUT2D eigenvalue weighted by atomic mass is 79.9. The Morgan fingerprint density at radius 2 is 1.87 bits per heavy atom. The highest BCUT2D eigenvalue weighted by Crippen LogP contribution is 2.42. The molecule has 0 saturated carbocycles. The number of aldehydes is 1. The quantitative estimate of drug-likeness (QED) is 0.166. The van der Waals surface area contributed by atoms with E-state index in [9.17, 15) is 4.79 Å². The SMILES string of the molecule is C[C@@H]1C[C@](Br)(C=O)[C@H](/C=C/CO[Si](C)(C)C(C)(C)C)C=C1COCc1ccccc1. The molecule has 0 unspecified atom stereocenters. The van der Waals surface area contributed by atoms with Crippen LogP contribution in [0.4, 0.5) is 0 Å². The van der Waals surface area contributed by atoms with Gasteiger partial charge in [-0.05, 0) is 41.6 Å². The maximum atomic E-state index is 11.9. The van der Waals surface area contributed by atoms with Crippen LogP contribution in [0.2, 0.25) is 18.1 Å². The van der Waals surface area contributed by atoms with E-state index in [0.29, 0.717) is 25.7 Å². The van der Waals surface area contributed by atoms with Crippen LogP contribution in [0.25, 0.3) is 0 Å². The first-order chi connectivity index (χ1) is 14.0. The smallest absolute Gasteiger partial charge is 0.192 e. The van der Waals surface area contributed by atoms with E-state index in [-0.39, 0.29) is 11.0 Å². The summed E-state index contributed by atoms with van der Waals surface area (Å²) in [4.78, 5) is 11.9. The molecule has 0 bridgehead atoms. The largest absolute Gasteiger partial charge is 0.413 e. The Kier molecular flexibility index (Phi) is 8.87. The van der Waals surface area contributed by atoms with E-state index in [2.05, 4.69) is 87.1 Å². The Labute approximate surface area is 192 Å². The van der Waals surface area contributed by atoms with Crippen LogP contribution in [-0.4, -0.2) is 32.1 Å². The molecule has 3 atom stereocenters. The van der Waals surface area contributed by atoms with E-state index in [4.69, 9.17) is 9.16 Å². The van der Waals surface area contributed by atoms with Gasteiger partial charge < -0.3 is 14.0 Å². The van der Waals surface area contributed by atoms with Crippen molar-refractivity contribution in [3.63, 3.8) is 0 Å². The zero-order valence-corrected chi connectivity index (χ0v) is 21.9. The molecule has 0 N–H and O–H groups in total. The summed E-state index contributed by atoms with van der Waals surface area (Å²) >= 11 is 3.72. The second kappa shape index (κ2) is 10.5. The molecule has 0 aromatic heterocycles. The van der Waals surface area contributed by atoms with Crippen molar-refractivity contribution in [1.29, 1.82) is 0 Å². The molecule has 0 fully saturated rings. The number of alkyl halides is 1. The van der Waals surface area contributed by atoms with Crippen LogP contribution in [0.1, 0.15) is 39.7 Å². The van der Waals surface area contributed by atoms with E-state index in [1.165, 1.54) is 11.1 Å². The minimum atomic E-state index is -1.78. The van der Waals surface area contributed by atoms with Gasteiger partial charge in [-0.1, -0.05) is 92.2 Å². The number of hydrogen-bond donors (Lipinski definition) is 0. The fourth-order valence-electron chi connectivity index (χ4n) is 3.34. The van der Waals surface area contributed by atoms with Gasteiger partial charge in [0.25, 0.3) is 0 Å². The lowest BCUT2D eigenvalue weighted by Gasteiger charge is -2.37. The fraction of sp³-hybridized carbons (Fsp3) is 0.560. The molecule has 1 aliphatic rings. The second-order valence-electron chi connectivity index (χ2n) is 9.90. The van der Waals surface area contributed by atoms with Crippen molar-refractivity contribution < 1.29 is 14.0 Å². The Morgan fingerprint density at radius 1 is 1.20 bits per heavy atom. The maximum Gasteiger partial charge on any atom is 0.192 e. The van der Waals surface area contributed by atoms with Gasteiger partial charge in [0, 0.05) is 5.92 Å². The lowest BCUT2D eigenvalue weighted by molar-refractivity contribution is -0.110. The second-order valence-corrected chi connectivity index (χ2v) is 16.2. The van der Waals surface area contributed by atoms with E-state index in [1.807, 2.05) is 18.2 Å². The molecule has 30 heavy (non-hydrogen) atoms. The summed E-state index contributed by atoms with van der Waals surface area (Å²) in [6.45, 7) is 15.2. The first kappa shape index (κ1) is 25.2. The zero-order valence-electron chi connectivity index (χ0n) is 19.3. The number of ether oxygens (including phenoxy) is 1. The number of allylic oxidation sites excluding steroid dienone is 2. The van der Waals surface area contributed by atoms with Gasteiger partial charge in [-0.25, -0.2) is 0 Å². The molecule has 1 aliphatic carbocycles. The zero-order chi connectivity index (χ0) is 22.4. The molecule has 0 radical (unpaired) electrons. The molecule has 0 aliphatic heterocycles. The van der Waals surface area contributed by atoms with Crippen LogP contribution in [0, 0.1) is 11.8 Å². The Bertz CT molecular complexity index is 751. The van der Waals surface area contributed by atoms with E-state index < -0.39 is 12.6 Å². The van der Waals surface area contributed by atoms with Gasteiger partial charge in [0.2, 0.25) is 0 Å². The van der Waals surface area contributed by atoms with Crippen molar-refractivity contribution in [2.75, 3.05) is 13.2 Å². The summed E-state index contributed by atoms with van der Waals surface area (Å²) in [5.41, 5.74) is 2.42. The molecular weight excluding hydrogens is 456 g/mol. The molecular formula is C25H37BrO3Si. The number of hydrogen-bond acceptors (Lipinski definition) is 3. The predicted molar refractivity (Wildman–Crippen MR) is 131 cm³/mol.